The lowest BCUT2D eigenvalue weighted by Crippen LogP contribution is -2.27. The molecule has 4 aromatic rings. The number of aryl methyl sites for hydroxylation is 3. The van der Waals surface area contributed by atoms with Gasteiger partial charge in [0.05, 0.1) is 24.5 Å². The van der Waals surface area contributed by atoms with E-state index in [0.29, 0.717) is 18.8 Å². The zero-order chi connectivity index (χ0) is 22.2. The van der Waals surface area contributed by atoms with Gasteiger partial charge in [0, 0.05) is 25.0 Å². The third kappa shape index (κ3) is 3.75. The van der Waals surface area contributed by atoms with Crippen molar-refractivity contribution in [3.05, 3.63) is 89.1 Å². The molecule has 32 heavy (non-hydrogen) atoms. The number of Topliss-reactive ketones (excluding diaryl/α,β-unsaturated/α-hetero) is 1. The van der Waals surface area contributed by atoms with E-state index in [4.69, 9.17) is 4.98 Å². The number of imidazole rings is 1. The summed E-state index contributed by atoms with van der Waals surface area (Å²) >= 11 is 0. The van der Waals surface area contributed by atoms with Gasteiger partial charge >= 0.3 is 0 Å². The van der Waals surface area contributed by atoms with Crippen molar-refractivity contribution in [1.82, 2.24) is 24.6 Å². The van der Waals surface area contributed by atoms with E-state index in [1.807, 2.05) is 17.2 Å². The van der Waals surface area contributed by atoms with Crippen LogP contribution in [0.15, 0.2) is 60.9 Å². The van der Waals surface area contributed by atoms with Crippen LogP contribution in [0.4, 0.5) is 0 Å². The molecule has 1 aliphatic heterocycles. The predicted molar refractivity (Wildman–Crippen MR) is 126 cm³/mol. The molecule has 0 atom stereocenters. The highest BCUT2D eigenvalue weighted by molar-refractivity contribution is 5.96. The van der Waals surface area contributed by atoms with Gasteiger partial charge in [0.2, 0.25) is 0 Å². The second-order valence-corrected chi connectivity index (χ2v) is 8.31. The number of nitrogens with one attached hydrogen (secondary N) is 1. The summed E-state index contributed by atoms with van der Waals surface area (Å²) in [6, 6.07) is 16.8. The summed E-state index contributed by atoms with van der Waals surface area (Å²) in [5, 5.41) is 4.08. The number of carbonyl (C=O) groups excluding carboxylic acids is 1. The number of hydrogen-bond donors (Lipinski definition) is 1. The highest BCUT2D eigenvalue weighted by Gasteiger charge is 2.20. The van der Waals surface area contributed by atoms with Gasteiger partial charge in [0.15, 0.2) is 5.78 Å². The van der Waals surface area contributed by atoms with Gasteiger partial charge < -0.3 is 9.88 Å². The Labute approximate surface area is 187 Å². The van der Waals surface area contributed by atoms with Crippen molar-refractivity contribution in [3.63, 3.8) is 0 Å². The van der Waals surface area contributed by atoms with Crippen LogP contribution >= 0.6 is 0 Å². The molecule has 1 aliphatic rings. The van der Waals surface area contributed by atoms with Gasteiger partial charge in [-0.2, -0.15) is 5.10 Å². The lowest BCUT2D eigenvalue weighted by molar-refractivity contribution is 0.0943. The third-order valence-electron chi connectivity index (χ3n) is 6.07. The maximum atomic E-state index is 12.6. The summed E-state index contributed by atoms with van der Waals surface area (Å²) in [7, 11) is 1.78. The Hall–Kier alpha value is -3.93. The fraction of sp³-hybridized carbons (Fsp3) is 0.192. The summed E-state index contributed by atoms with van der Waals surface area (Å²) in [5.74, 6) is 0.877. The van der Waals surface area contributed by atoms with Crippen LogP contribution < -0.4 is 0 Å². The fourth-order valence-corrected chi connectivity index (χ4v) is 4.01. The molecule has 0 radical (unpaired) electrons. The van der Waals surface area contributed by atoms with Crippen LogP contribution in [0, 0.1) is 13.8 Å². The topological polar surface area (TPSA) is 66.8 Å². The Morgan fingerprint density at radius 2 is 1.75 bits per heavy atom. The van der Waals surface area contributed by atoms with Crippen LogP contribution in [0.25, 0.3) is 28.6 Å². The number of fused-ring (bicyclic) bond motifs is 1. The quantitative estimate of drug-likeness (QED) is 0.470. The number of hydrogen-bond acceptors (Lipinski definition) is 4. The van der Waals surface area contributed by atoms with Gasteiger partial charge in [-0.05, 0) is 48.2 Å². The summed E-state index contributed by atoms with van der Waals surface area (Å²) < 4.78 is 1.61. The molecule has 2 aromatic heterocycles. The van der Waals surface area contributed by atoms with Crippen LogP contribution in [0.5, 0.6) is 0 Å². The lowest BCUT2D eigenvalue weighted by Gasteiger charge is -2.21. The van der Waals surface area contributed by atoms with Gasteiger partial charge in [-0.15, -0.1) is 0 Å². The molecular formula is C26H25N5O. The molecule has 6 heteroatoms. The minimum absolute atomic E-state index is 0.0378. The number of aromatic amines is 1. The van der Waals surface area contributed by atoms with Gasteiger partial charge in [0.25, 0.3) is 0 Å². The van der Waals surface area contributed by atoms with Crippen LogP contribution in [0.2, 0.25) is 0 Å². The van der Waals surface area contributed by atoms with Crippen molar-refractivity contribution in [2.45, 2.75) is 20.4 Å². The Balaban J connectivity index is 1.31. The summed E-state index contributed by atoms with van der Waals surface area (Å²) in [6.07, 6.45) is 5.57. The first-order valence-electron chi connectivity index (χ1n) is 10.7. The van der Waals surface area contributed by atoms with Crippen LogP contribution in [-0.2, 0) is 13.6 Å². The lowest BCUT2D eigenvalue weighted by atomic mass is 9.99. The van der Waals surface area contributed by atoms with Gasteiger partial charge in [-0.3, -0.25) is 9.48 Å². The largest absolute Gasteiger partial charge is 0.364 e. The first-order valence-corrected chi connectivity index (χ1v) is 10.7. The second kappa shape index (κ2) is 7.96. The van der Waals surface area contributed by atoms with E-state index in [-0.39, 0.29) is 5.78 Å². The van der Waals surface area contributed by atoms with E-state index in [1.165, 1.54) is 22.3 Å². The third-order valence-corrected chi connectivity index (χ3v) is 6.07. The first kappa shape index (κ1) is 20.0. The van der Waals surface area contributed by atoms with Crippen molar-refractivity contribution < 1.29 is 4.79 Å². The molecular weight excluding hydrogens is 398 g/mol. The van der Waals surface area contributed by atoms with E-state index >= 15 is 0 Å². The van der Waals surface area contributed by atoms with Crippen LogP contribution in [-0.4, -0.2) is 37.0 Å². The molecule has 0 spiro atoms. The van der Waals surface area contributed by atoms with E-state index in [0.717, 1.165) is 22.8 Å². The van der Waals surface area contributed by atoms with Crippen molar-refractivity contribution in [1.29, 1.82) is 0 Å². The molecule has 0 unspecified atom stereocenters. The standard InChI is InChI=1S/C26H25N5O/c1-17-4-5-21(14-18(17)2)19-6-8-20(9-7-19)26-28-22-11-13-31(15-23(22)29-26)16-25(32)24-10-12-27-30(24)3/h4-14H,15-16H2,1-3H3,(H,28,29). The first-order chi connectivity index (χ1) is 15.5. The van der Waals surface area contributed by atoms with Crippen molar-refractivity contribution in [2.75, 3.05) is 6.54 Å². The molecule has 0 fully saturated rings. The second-order valence-electron chi connectivity index (χ2n) is 8.31. The molecule has 3 heterocycles. The summed E-state index contributed by atoms with van der Waals surface area (Å²) in [5.41, 5.74) is 8.58. The minimum Gasteiger partial charge on any atom is -0.364 e. The molecule has 1 N–H and O–H groups in total. The monoisotopic (exact) mass is 423 g/mol. The predicted octanol–water partition coefficient (Wildman–Crippen LogP) is 4.76. The molecule has 0 amide bonds. The molecule has 0 bridgehead atoms. The number of rotatable bonds is 5. The van der Waals surface area contributed by atoms with Crippen LogP contribution in [0.3, 0.4) is 0 Å². The smallest absolute Gasteiger partial charge is 0.200 e. The molecule has 2 aromatic carbocycles. The average molecular weight is 424 g/mol. The summed E-state index contributed by atoms with van der Waals surface area (Å²) in [4.78, 5) is 22.8. The maximum absolute atomic E-state index is 12.6. The van der Waals surface area contributed by atoms with Gasteiger partial charge in [0.1, 0.15) is 11.5 Å². The van der Waals surface area contributed by atoms with Crippen molar-refractivity contribution in [3.8, 4) is 22.5 Å². The van der Waals surface area contributed by atoms with Gasteiger partial charge in [-0.1, -0.05) is 42.5 Å². The molecule has 5 rings (SSSR count). The highest BCUT2D eigenvalue weighted by atomic mass is 16.1. The minimum atomic E-state index is 0.0378. The Kier molecular flexibility index (Phi) is 4.98. The van der Waals surface area contributed by atoms with E-state index < -0.39 is 0 Å². The molecule has 0 saturated heterocycles. The SMILES string of the molecule is Cc1ccc(-c2ccc(-c3nc4c([nH]3)C=CN(CC(=O)c3ccnn3C)C4)cc2)cc1C. The normalized spacial score (nSPS) is 12.8. The Morgan fingerprint density at radius 3 is 2.47 bits per heavy atom. The van der Waals surface area contributed by atoms with Crippen LogP contribution in [0.1, 0.15) is 33.0 Å². The van der Waals surface area contributed by atoms with Gasteiger partial charge in [-0.25, -0.2) is 4.98 Å². The zero-order valence-electron chi connectivity index (χ0n) is 18.5. The maximum Gasteiger partial charge on any atom is 0.200 e. The number of nitrogens with zero attached hydrogens (tertiary/aromatic N) is 4. The van der Waals surface area contributed by atoms with Crippen molar-refractivity contribution >= 4 is 11.9 Å². The number of ketones is 1. The number of H-pyrrole nitrogens is 1. The molecule has 0 saturated carbocycles. The van der Waals surface area contributed by atoms with E-state index in [1.54, 1.807) is 24.0 Å². The molecule has 6 nitrogen and oxygen atoms in total. The molecule has 160 valence electrons. The Morgan fingerprint density at radius 1 is 1.00 bits per heavy atom. The van der Waals surface area contributed by atoms with E-state index in [2.05, 4.69) is 66.4 Å². The fourth-order valence-electron chi connectivity index (χ4n) is 4.01. The Bertz CT molecular complexity index is 1330. The number of carbonyl (C=O) groups is 1. The number of aromatic nitrogens is 4. The van der Waals surface area contributed by atoms with Crippen molar-refractivity contribution in [2.24, 2.45) is 7.05 Å². The molecule has 0 aliphatic carbocycles. The average Bonchev–Trinajstić information content (AvgIpc) is 3.41. The van der Waals surface area contributed by atoms with E-state index in [9.17, 15) is 4.79 Å². The number of benzene rings is 2. The highest BCUT2D eigenvalue weighted by Crippen LogP contribution is 2.27. The summed E-state index contributed by atoms with van der Waals surface area (Å²) in [6.45, 7) is 5.15. The zero-order valence-corrected chi connectivity index (χ0v) is 18.5.